The van der Waals surface area contributed by atoms with Gasteiger partial charge in [-0.15, -0.1) is 0 Å². The molecule has 0 amide bonds. The number of rotatable bonds is 7. The van der Waals surface area contributed by atoms with E-state index in [0.717, 1.165) is 23.5 Å². The molecule has 0 radical (unpaired) electrons. The molecule has 0 unspecified atom stereocenters. The van der Waals surface area contributed by atoms with E-state index >= 15 is 0 Å². The van der Waals surface area contributed by atoms with E-state index in [2.05, 4.69) is 108 Å². The number of hydrogen-bond acceptors (Lipinski definition) is 2. The van der Waals surface area contributed by atoms with Crippen LogP contribution in [-0.2, 0) is 0 Å². The van der Waals surface area contributed by atoms with Crippen LogP contribution in [0.2, 0.25) is 0 Å². The van der Waals surface area contributed by atoms with E-state index in [1.165, 1.54) is 22.3 Å². The minimum absolute atomic E-state index is 0.142. The number of hydrogen-bond donors (Lipinski definition) is 0. The summed E-state index contributed by atoms with van der Waals surface area (Å²) in [4.78, 5) is 0. The van der Waals surface area contributed by atoms with E-state index in [-0.39, 0.29) is 11.7 Å². The maximum atomic E-state index is 6.05. The Balaban J connectivity index is 1.76. The van der Waals surface area contributed by atoms with E-state index in [4.69, 9.17) is 9.47 Å². The van der Waals surface area contributed by atoms with Crippen molar-refractivity contribution in [2.24, 2.45) is 0 Å². The zero-order chi connectivity index (χ0) is 21.0. The molecule has 0 aliphatic rings. The molecule has 0 spiro atoms. The van der Waals surface area contributed by atoms with Crippen molar-refractivity contribution in [3.8, 4) is 33.8 Å². The Kier molecular flexibility index (Phi) is 6.32. The molecule has 0 saturated carbocycles. The summed E-state index contributed by atoms with van der Waals surface area (Å²) >= 11 is 0. The Labute approximate surface area is 175 Å². The summed E-state index contributed by atoms with van der Waals surface area (Å²) in [6, 6.07) is 23.4. The topological polar surface area (TPSA) is 18.5 Å². The van der Waals surface area contributed by atoms with Gasteiger partial charge in [0.05, 0.1) is 6.10 Å². The second kappa shape index (κ2) is 8.73. The van der Waals surface area contributed by atoms with Gasteiger partial charge >= 0.3 is 0 Å². The van der Waals surface area contributed by atoms with Crippen LogP contribution in [0.15, 0.2) is 66.7 Å². The van der Waals surface area contributed by atoms with Crippen molar-refractivity contribution in [2.45, 2.75) is 59.7 Å². The van der Waals surface area contributed by atoms with Crippen molar-refractivity contribution < 1.29 is 9.47 Å². The summed E-state index contributed by atoms with van der Waals surface area (Å²) < 4.78 is 11.9. The van der Waals surface area contributed by atoms with Crippen LogP contribution in [0.1, 0.15) is 46.6 Å². The SMILES string of the molecule is CCC(C)(C)Oc1ccc(-c2ccc(-c3ccc(OC(C)C)c(C)c3)cc2)cc1. The molecule has 0 bridgehead atoms. The first-order chi connectivity index (χ1) is 13.8. The Morgan fingerprint density at radius 3 is 1.72 bits per heavy atom. The lowest BCUT2D eigenvalue weighted by Gasteiger charge is -2.24. The molecule has 0 aliphatic carbocycles. The third-order valence-corrected chi connectivity index (χ3v) is 5.19. The highest BCUT2D eigenvalue weighted by atomic mass is 16.5. The van der Waals surface area contributed by atoms with Crippen molar-refractivity contribution in [3.05, 3.63) is 72.3 Å². The van der Waals surface area contributed by atoms with Crippen molar-refractivity contribution in [1.82, 2.24) is 0 Å². The van der Waals surface area contributed by atoms with Gasteiger partial charge in [-0.1, -0.05) is 49.4 Å². The first-order valence-corrected chi connectivity index (χ1v) is 10.4. The van der Waals surface area contributed by atoms with Crippen LogP contribution >= 0.6 is 0 Å². The monoisotopic (exact) mass is 388 g/mol. The fraction of sp³-hybridized carbons (Fsp3) is 0.333. The average molecular weight is 389 g/mol. The molecule has 0 atom stereocenters. The van der Waals surface area contributed by atoms with Crippen LogP contribution < -0.4 is 9.47 Å². The summed E-state index contributed by atoms with van der Waals surface area (Å²) in [5.41, 5.74) is 5.82. The van der Waals surface area contributed by atoms with Crippen LogP contribution in [0.4, 0.5) is 0 Å². The molecule has 2 nitrogen and oxygen atoms in total. The highest BCUT2D eigenvalue weighted by molar-refractivity contribution is 5.71. The molecule has 0 aromatic heterocycles. The second-order valence-corrected chi connectivity index (χ2v) is 8.46. The van der Waals surface area contributed by atoms with E-state index in [1.54, 1.807) is 0 Å². The highest BCUT2D eigenvalue weighted by Crippen LogP contribution is 2.30. The standard InChI is InChI=1S/C27H32O2/c1-7-27(5,6)29-25-15-12-22(13-16-25)21-8-10-23(11-9-21)24-14-17-26(20(4)18-24)28-19(2)3/h8-19H,7H2,1-6H3. The second-order valence-electron chi connectivity index (χ2n) is 8.46. The van der Waals surface area contributed by atoms with Gasteiger partial charge in [-0.25, -0.2) is 0 Å². The third kappa shape index (κ3) is 5.41. The summed E-state index contributed by atoms with van der Waals surface area (Å²) in [5, 5.41) is 0. The van der Waals surface area contributed by atoms with Gasteiger partial charge in [-0.2, -0.15) is 0 Å². The molecular formula is C27H32O2. The quantitative estimate of drug-likeness (QED) is 0.413. The van der Waals surface area contributed by atoms with Crippen LogP contribution in [-0.4, -0.2) is 11.7 Å². The number of ether oxygens (including phenoxy) is 2. The highest BCUT2D eigenvalue weighted by Gasteiger charge is 2.16. The molecule has 0 N–H and O–H groups in total. The van der Waals surface area contributed by atoms with Crippen LogP contribution in [0, 0.1) is 6.92 Å². The van der Waals surface area contributed by atoms with Crippen molar-refractivity contribution in [2.75, 3.05) is 0 Å². The smallest absolute Gasteiger partial charge is 0.122 e. The van der Waals surface area contributed by atoms with E-state index in [9.17, 15) is 0 Å². The molecule has 0 fully saturated rings. The van der Waals surface area contributed by atoms with Crippen LogP contribution in [0.25, 0.3) is 22.3 Å². The minimum Gasteiger partial charge on any atom is -0.491 e. The summed E-state index contributed by atoms with van der Waals surface area (Å²) in [6.07, 6.45) is 1.16. The molecule has 3 aromatic carbocycles. The van der Waals surface area contributed by atoms with E-state index in [1.807, 2.05) is 0 Å². The van der Waals surface area contributed by atoms with Gasteiger partial charge in [0, 0.05) is 0 Å². The summed E-state index contributed by atoms with van der Waals surface area (Å²) in [5.74, 6) is 1.87. The van der Waals surface area contributed by atoms with Gasteiger partial charge in [0.2, 0.25) is 0 Å². The first-order valence-electron chi connectivity index (χ1n) is 10.4. The van der Waals surface area contributed by atoms with E-state index < -0.39 is 0 Å². The maximum Gasteiger partial charge on any atom is 0.122 e. The zero-order valence-electron chi connectivity index (χ0n) is 18.5. The van der Waals surface area contributed by atoms with Gasteiger partial charge in [0.25, 0.3) is 0 Å². The van der Waals surface area contributed by atoms with Crippen molar-refractivity contribution >= 4 is 0 Å². The van der Waals surface area contributed by atoms with Gasteiger partial charge in [-0.05, 0) is 93.1 Å². The minimum atomic E-state index is -0.142. The van der Waals surface area contributed by atoms with Gasteiger partial charge < -0.3 is 9.47 Å². The maximum absolute atomic E-state index is 6.05. The Morgan fingerprint density at radius 2 is 1.24 bits per heavy atom. The lowest BCUT2D eigenvalue weighted by molar-refractivity contribution is 0.105. The van der Waals surface area contributed by atoms with Crippen LogP contribution in [0.3, 0.4) is 0 Å². The molecule has 0 aliphatic heterocycles. The van der Waals surface area contributed by atoms with Crippen molar-refractivity contribution in [1.29, 1.82) is 0 Å². The molecule has 2 heteroatoms. The molecular weight excluding hydrogens is 356 g/mol. The third-order valence-electron chi connectivity index (χ3n) is 5.19. The van der Waals surface area contributed by atoms with Crippen molar-refractivity contribution in [3.63, 3.8) is 0 Å². The summed E-state index contributed by atoms with van der Waals surface area (Å²) in [7, 11) is 0. The molecule has 29 heavy (non-hydrogen) atoms. The van der Waals surface area contributed by atoms with Gasteiger partial charge in [-0.3, -0.25) is 0 Å². The largest absolute Gasteiger partial charge is 0.491 e. The molecule has 152 valence electrons. The Morgan fingerprint density at radius 1 is 0.759 bits per heavy atom. The molecule has 0 heterocycles. The Bertz CT molecular complexity index is 935. The fourth-order valence-corrected chi connectivity index (χ4v) is 3.18. The van der Waals surface area contributed by atoms with Crippen LogP contribution in [0.5, 0.6) is 11.5 Å². The first kappa shape index (κ1) is 21.0. The van der Waals surface area contributed by atoms with Gasteiger partial charge in [0.1, 0.15) is 17.1 Å². The van der Waals surface area contributed by atoms with E-state index in [0.29, 0.717) is 0 Å². The Hall–Kier alpha value is -2.74. The number of benzene rings is 3. The fourth-order valence-electron chi connectivity index (χ4n) is 3.18. The average Bonchev–Trinajstić information content (AvgIpc) is 2.70. The summed E-state index contributed by atoms with van der Waals surface area (Å²) in [6.45, 7) is 12.6. The molecule has 0 saturated heterocycles. The lowest BCUT2D eigenvalue weighted by atomic mass is 9.99. The lowest BCUT2D eigenvalue weighted by Crippen LogP contribution is -2.26. The van der Waals surface area contributed by atoms with Gasteiger partial charge in [0.15, 0.2) is 0 Å². The predicted octanol–water partition coefficient (Wildman–Crippen LogP) is 7.68. The molecule has 3 rings (SSSR count). The molecule has 3 aromatic rings. The zero-order valence-corrected chi connectivity index (χ0v) is 18.5. The normalized spacial score (nSPS) is 11.6. The predicted molar refractivity (Wildman–Crippen MR) is 123 cm³/mol. The number of aryl methyl sites for hydroxylation is 1.